The Bertz CT molecular complexity index is 426. The molecule has 1 aliphatic heterocycles. The largest absolute Gasteiger partial charge is 0.299 e. The average molecular weight is 255 g/mol. The molecule has 1 heteroatoms. The summed E-state index contributed by atoms with van der Waals surface area (Å²) < 4.78 is 0. The number of allylic oxidation sites excluding steroid dienone is 1. The van der Waals surface area contributed by atoms with Crippen molar-refractivity contribution in [2.24, 2.45) is 5.92 Å². The van der Waals surface area contributed by atoms with Crippen molar-refractivity contribution in [3.8, 4) is 0 Å². The zero-order valence-corrected chi connectivity index (χ0v) is 12.2. The Morgan fingerprint density at radius 1 is 1.26 bits per heavy atom. The Balaban J connectivity index is 1.87. The van der Waals surface area contributed by atoms with Crippen LogP contribution in [-0.4, -0.2) is 24.5 Å². The molecule has 1 fully saturated rings. The van der Waals surface area contributed by atoms with Crippen molar-refractivity contribution in [1.29, 1.82) is 0 Å². The summed E-state index contributed by atoms with van der Waals surface area (Å²) in [4.78, 5) is 2.57. The topological polar surface area (TPSA) is 3.24 Å². The molecule has 19 heavy (non-hydrogen) atoms. The molecular formula is C18H25N. The van der Waals surface area contributed by atoms with E-state index < -0.39 is 0 Å². The van der Waals surface area contributed by atoms with Gasteiger partial charge in [-0.1, -0.05) is 54.1 Å². The summed E-state index contributed by atoms with van der Waals surface area (Å²) >= 11 is 0. The first kappa shape index (κ1) is 14.1. The standard InChI is InChI=1S/C18H25N/c1-16(2)12-14-19-13-6-9-18(15-19)11-10-17-7-4-3-5-8-17/h3-5,7-8,10-12,18H,6,9,13-15H2,1-2H3/b11-10+. The van der Waals surface area contributed by atoms with Crippen LogP contribution in [0.15, 0.2) is 48.1 Å². The van der Waals surface area contributed by atoms with Crippen molar-refractivity contribution in [2.45, 2.75) is 26.7 Å². The van der Waals surface area contributed by atoms with E-state index in [-0.39, 0.29) is 0 Å². The molecule has 0 amide bonds. The molecule has 1 heterocycles. The maximum absolute atomic E-state index is 2.57. The SMILES string of the molecule is CC(C)=CCN1CCCC(/C=C/c2ccccc2)C1. The van der Waals surface area contributed by atoms with Gasteiger partial charge in [0.2, 0.25) is 0 Å². The van der Waals surface area contributed by atoms with Gasteiger partial charge in [-0.3, -0.25) is 4.90 Å². The molecule has 1 aromatic rings. The predicted molar refractivity (Wildman–Crippen MR) is 84.1 cm³/mol. The Morgan fingerprint density at radius 3 is 2.79 bits per heavy atom. The zero-order valence-electron chi connectivity index (χ0n) is 12.2. The van der Waals surface area contributed by atoms with Crippen molar-refractivity contribution in [3.63, 3.8) is 0 Å². The molecule has 0 radical (unpaired) electrons. The number of benzene rings is 1. The molecule has 0 aromatic heterocycles. The molecule has 1 aliphatic rings. The third-order valence-electron chi connectivity index (χ3n) is 3.66. The van der Waals surface area contributed by atoms with Gasteiger partial charge < -0.3 is 0 Å². The lowest BCUT2D eigenvalue weighted by Crippen LogP contribution is -2.34. The van der Waals surface area contributed by atoms with Crippen LogP contribution in [0.5, 0.6) is 0 Å². The molecule has 0 N–H and O–H groups in total. The highest BCUT2D eigenvalue weighted by Gasteiger charge is 2.16. The number of hydrogen-bond acceptors (Lipinski definition) is 1. The molecule has 1 aromatic carbocycles. The molecule has 1 atom stereocenters. The van der Waals surface area contributed by atoms with Crippen LogP contribution in [0.2, 0.25) is 0 Å². The Labute approximate surface area is 117 Å². The van der Waals surface area contributed by atoms with Crippen LogP contribution in [0.3, 0.4) is 0 Å². The van der Waals surface area contributed by atoms with Gasteiger partial charge in [0.25, 0.3) is 0 Å². The van der Waals surface area contributed by atoms with Crippen molar-refractivity contribution >= 4 is 6.08 Å². The quantitative estimate of drug-likeness (QED) is 0.722. The summed E-state index contributed by atoms with van der Waals surface area (Å²) in [6, 6.07) is 10.6. The van der Waals surface area contributed by atoms with Crippen LogP contribution in [-0.2, 0) is 0 Å². The van der Waals surface area contributed by atoms with Crippen molar-refractivity contribution in [1.82, 2.24) is 4.90 Å². The number of likely N-dealkylation sites (tertiary alicyclic amines) is 1. The Hall–Kier alpha value is -1.34. The van der Waals surface area contributed by atoms with Crippen LogP contribution >= 0.6 is 0 Å². The van der Waals surface area contributed by atoms with Crippen molar-refractivity contribution in [3.05, 3.63) is 53.6 Å². The molecule has 0 spiro atoms. The molecular weight excluding hydrogens is 230 g/mol. The van der Waals surface area contributed by atoms with Gasteiger partial charge in [-0.05, 0) is 44.7 Å². The van der Waals surface area contributed by atoms with Crippen LogP contribution < -0.4 is 0 Å². The fourth-order valence-electron chi connectivity index (χ4n) is 2.54. The summed E-state index contributed by atoms with van der Waals surface area (Å²) in [6.07, 6.45) is 9.65. The zero-order chi connectivity index (χ0) is 13.5. The molecule has 1 nitrogen and oxygen atoms in total. The normalized spacial score (nSPS) is 20.6. The van der Waals surface area contributed by atoms with Crippen LogP contribution in [0.25, 0.3) is 6.08 Å². The number of hydrogen-bond donors (Lipinski definition) is 0. The van der Waals surface area contributed by atoms with Gasteiger partial charge in [-0.25, -0.2) is 0 Å². The van der Waals surface area contributed by atoms with Gasteiger partial charge in [0.1, 0.15) is 0 Å². The lowest BCUT2D eigenvalue weighted by molar-refractivity contribution is 0.216. The number of piperidine rings is 1. The van der Waals surface area contributed by atoms with E-state index >= 15 is 0 Å². The molecule has 0 saturated carbocycles. The molecule has 0 aliphatic carbocycles. The lowest BCUT2D eigenvalue weighted by Gasteiger charge is -2.30. The summed E-state index contributed by atoms with van der Waals surface area (Å²) in [6.45, 7) is 7.91. The summed E-state index contributed by atoms with van der Waals surface area (Å²) in [7, 11) is 0. The van der Waals surface area contributed by atoms with E-state index in [1.807, 2.05) is 0 Å². The average Bonchev–Trinajstić information content (AvgIpc) is 2.44. The molecule has 0 bridgehead atoms. The molecule has 2 rings (SSSR count). The maximum Gasteiger partial charge on any atom is 0.0165 e. The lowest BCUT2D eigenvalue weighted by atomic mass is 9.96. The van der Waals surface area contributed by atoms with Gasteiger partial charge in [-0.2, -0.15) is 0 Å². The third kappa shape index (κ3) is 5.04. The van der Waals surface area contributed by atoms with Crippen LogP contribution in [0.1, 0.15) is 32.3 Å². The van der Waals surface area contributed by atoms with Gasteiger partial charge in [0.05, 0.1) is 0 Å². The second kappa shape index (κ2) is 7.30. The van der Waals surface area contributed by atoms with Crippen LogP contribution in [0, 0.1) is 5.92 Å². The number of rotatable bonds is 4. The van der Waals surface area contributed by atoms with E-state index in [1.165, 1.54) is 37.1 Å². The van der Waals surface area contributed by atoms with Gasteiger partial charge >= 0.3 is 0 Å². The summed E-state index contributed by atoms with van der Waals surface area (Å²) in [5, 5.41) is 0. The molecule has 1 unspecified atom stereocenters. The van der Waals surface area contributed by atoms with Crippen molar-refractivity contribution in [2.75, 3.05) is 19.6 Å². The van der Waals surface area contributed by atoms with Gasteiger partial charge in [-0.15, -0.1) is 0 Å². The van der Waals surface area contributed by atoms with E-state index in [2.05, 4.69) is 67.3 Å². The summed E-state index contributed by atoms with van der Waals surface area (Å²) in [5.41, 5.74) is 2.73. The third-order valence-corrected chi connectivity index (χ3v) is 3.66. The molecule has 1 saturated heterocycles. The first-order chi connectivity index (χ1) is 9.24. The smallest absolute Gasteiger partial charge is 0.0165 e. The second-order valence-corrected chi connectivity index (χ2v) is 5.71. The van der Waals surface area contributed by atoms with Gasteiger partial charge in [0.15, 0.2) is 0 Å². The van der Waals surface area contributed by atoms with Crippen LogP contribution in [0.4, 0.5) is 0 Å². The predicted octanol–water partition coefficient (Wildman–Crippen LogP) is 4.38. The Kier molecular flexibility index (Phi) is 5.41. The maximum atomic E-state index is 2.57. The van der Waals surface area contributed by atoms with E-state index in [9.17, 15) is 0 Å². The first-order valence-corrected chi connectivity index (χ1v) is 7.33. The monoisotopic (exact) mass is 255 g/mol. The highest BCUT2D eigenvalue weighted by Crippen LogP contribution is 2.19. The minimum absolute atomic E-state index is 0.708. The molecule has 102 valence electrons. The second-order valence-electron chi connectivity index (χ2n) is 5.71. The minimum atomic E-state index is 0.708. The Morgan fingerprint density at radius 2 is 2.05 bits per heavy atom. The summed E-state index contributed by atoms with van der Waals surface area (Å²) in [5.74, 6) is 0.708. The minimum Gasteiger partial charge on any atom is -0.299 e. The van der Waals surface area contributed by atoms with E-state index in [0.717, 1.165) is 6.54 Å². The van der Waals surface area contributed by atoms with E-state index in [1.54, 1.807) is 0 Å². The van der Waals surface area contributed by atoms with E-state index in [4.69, 9.17) is 0 Å². The number of nitrogens with zero attached hydrogens (tertiary/aromatic N) is 1. The highest BCUT2D eigenvalue weighted by atomic mass is 15.1. The fraction of sp³-hybridized carbons (Fsp3) is 0.444. The first-order valence-electron chi connectivity index (χ1n) is 7.33. The van der Waals surface area contributed by atoms with Gasteiger partial charge in [0, 0.05) is 13.1 Å². The van der Waals surface area contributed by atoms with Crippen molar-refractivity contribution < 1.29 is 0 Å². The fourth-order valence-corrected chi connectivity index (χ4v) is 2.54. The highest BCUT2D eigenvalue weighted by molar-refractivity contribution is 5.49. The van der Waals surface area contributed by atoms with E-state index in [0.29, 0.717) is 5.92 Å².